The Balaban J connectivity index is 3.00. The molecule has 0 saturated heterocycles. The zero-order valence-corrected chi connectivity index (χ0v) is 11.9. The summed E-state index contributed by atoms with van der Waals surface area (Å²) in [7, 11) is 0. The van der Waals surface area contributed by atoms with Crippen LogP contribution in [0.15, 0.2) is 71.9 Å². The van der Waals surface area contributed by atoms with Crippen LogP contribution in [0.3, 0.4) is 0 Å². The second-order valence-electron chi connectivity index (χ2n) is 4.20. The van der Waals surface area contributed by atoms with E-state index in [0.29, 0.717) is 0 Å². The molecule has 19 heavy (non-hydrogen) atoms. The van der Waals surface area contributed by atoms with Gasteiger partial charge in [0.15, 0.2) is 0 Å². The fourth-order valence-corrected chi connectivity index (χ4v) is 1.72. The minimum absolute atomic E-state index is 0.893. The zero-order chi connectivity index (χ0) is 14.1. The Hall–Kier alpha value is -2.15. The molecule has 0 aliphatic heterocycles. The van der Waals surface area contributed by atoms with Crippen molar-refractivity contribution in [3.05, 3.63) is 78.0 Å². The molecule has 0 N–H and O–H groups in total. The summed E-state index contributed by atoms with van der Waals surface area (Å²) >= 11 is 0. The number of aliphatic imine (C=N–C) groups is 1. The van der Waals surface area contributed by atoms with Gasteiger partial charge in [0.25, 0.3) is 0 Å². The molecule has 1 aromatic carbocycles. The van der Waals surface area contributed by atoms with E-state index in [-0.39, 0.29) is 0 Å². The van der Waals surface area contributed by atoms with Crippen molar-refractivity contribution < 1.29 is 0 Å². The summed E-state index contributed by atoms with van der Waals surface area (Å²) in [5.74, 6) is 0. The number of aryl methyl sites for hydroxylation is 1. The van der Waals surface area contributed by atoms with Gasteiger partial charge >= 0.3 is 0 Å². The van der Waals surface area contributed by atoms with E-state index in [1.54, 1.807) is 6.08 Å². The maximum atomic E-state index is 4.49. The van der Waals surface area contributed by atoms with Crippen LogP contribution in [-0.4, -0.2) is 6.21 Å². The number of hydrogen-bond acceptors (Lipinski definition) is 1. The zero-order valence-electron chi connectivity index (χ0n) is 11.9. The first kappa shape index (κ1) is 14.9. The highest BCUT2D eigenvalue weighted by atomic mass is 14.7. The molecule has 0 heterocycles. The third-order valence-corrected chi connectivity index (χ3v) is 2.64. The van der Waals surface area contributed by atoms with Crippen LogP contribution in [0, 0.1) is 6.92 Å². The molecule has 0 spiro atoms. The van der Waals surface area contributed by atoms with Crippen LogP contribution in [-0.2, 0) is 0 Å². The summed E-state index contributed by atoms with van der Waals surface area (Å²) in [5, 5.41) is 0. The molecule has 1 nitrogen and oxygen atoms in total. The molecule has 1 rings (SSSR count). The van der Waals surface area contributed by atoms with Gasteiger partial charge in [0, 0.05) is 6.21 Å². The Morgan fingerprint density at radius 3 is 2.63 bits per heavy atom. The highest BCUT2D eigenvalue weighted by Gasteiger charge is 1.97. The van der Waals surface area contributed by atoms with E-state index >= 15 is 0 Å². The summed E-state index contributed by atoms with van der Waals surface area (Å²) in [6, 6.07) is 8.42. The van der Waals surface area contributed by atoms with Gasteiger partial charge in [-0.15, -0.1) is 0 Å². The molecule has 0 fully saturated rings. The van der Waals surface area contributed by atoms with Crippen LogP contribution in [0.4, 0.5) is 0 Å². The van der Waals surface area contributed by atoms with E-state index in [2.05, 4.69) is 48.8 Å². The summed E-state index contributed by atoms with van der Waals surface area (Å²) in [5.41, 5.74) is 4.44. The monoisotopic (exact) mass is 251 g/mol. The van der Waals surface area contributed by atoms with Gasteiger partial charge in [-0.2, -0.15) is 0 Å². The molecule has 1 heteroatoms. The van der Waals surface area contributed by atoms with Gasteiger partial charge in [0.05, 0.1) is 5.70 Å². The molecule has 0 amide bonds. The van der Waals surface area contributed by atoms with Gasteiger partial charge in [-0.3, -0.25) is 4.99 Å². The molecule has 0 atom stereocenters. The number of allylic oxidation sites excluding steroid dienone is 6. The van der Waals surface area contributed by atoms with E-state index in [1.807, 2.05) is 38.3 Å². The minimum atomic E-state index is 0.893. The SMILES string of the molecule is C=C/C=C(\C=C/C)/N=C\C(=C/C)c1cccc(C)c1. The van der Waals surface area contributed by atoms with Crippen molar-refractivity contribution in [1.82, 2.24) is 0 Å². The van der Waals surface area contributed by atoms with Gasteiger partial charge in [0.2, 0.25) is 0 Å². The summed E-state index contributed by atoms with van der Waals surface area (Å²) < 4.78 is 0. The van der Waals surface area contributed by atoms with E-state index in [0.717, 1.165) is 11.3 Å². The molecule has 0 aromatic heterocycles. The molecule has 0 aliphatic rings. The van der Waals surface area contributed by atoms with Crippen molar-refractivity contribution in [2.24, 2.45) is 4.99 Å². The molecular formula is C18H21N. The Morgan fingerprint density at radius 2 is 2.05 bits per heavy atom. The first-order valence-electron chi connectivity index (χ1n) is 6.44. The third kappa shape index (κ3) is 4.92. The minimum Gasteiger partial charge on any atom is -0.256 e. The lowest BCUT2D eigenvalue weighted by Crippen LogP contribution is -1.87. The molecule has 1 aromatic rings. The molecular weight excluding hydrogens is 230 g/mol. The maximum Gasteiger partial charge on any atom is 0.0626 e. The summed E-state index contributed by atoms with van der Waals surface area (Å²) in [6.07, 6.45) is 11.5. The van der Waals surface area contributed by atoms with Crippen molar-refractivity contribution >= 4 is 11.8 Å². The topological polar surface area (TPSA) is 12.4 Å². The van der Waals surface area contributed by atoms with E-state index < -0.39 is 0 Å². The highest BCUT2D eigenvalue weighted by molar-refractivity contribution is 6.10. The normalized spacial score (nSPS) is 13.4. The highest BCUT2D eigenvalue weighted by Crippen LogP contribution is 2.14. The predicted octanol–water partition coefficient (Wildman–Crippen LogP) is 5.12. The van der Waals surface area contributed by atoms with E-state index in [1.165, 1.54) is 11.1 Å². The van der Waals surface area contributed by atoms with E-state index in [4.69, 9.17) is 0 Å². The van der Waals surface area contributed by atoms with Gasteiger partial charge in [-0.25, -0.2) is 0 Å². The van der Waals surface area contributed by atoms with Crippen molar-refractivity contribution in [3.63, 3.8) is 0 Å². The Labute approximate surface area is 116 Å². The first-order chi connectivity index (χ1) is 9.21. The predicted molar refractivity (Wildman–Crippen MR) is 86.4 cm³/mol. The smallest absolute Gasteiger partial charge is 0.0626 e. The Morgan fingerprint density at radius 1 is 1.26 bits per heavy atom. The standard InChI is InChI=1S/C18H21N/c1-5-9-18(10-6-2)19-14-16(7-3)17-12-8-11-15(4)13-17/h5-14H,1H2,2-4H3/b10-6-,16-7+,18-9+,19-14-. The number of rotatable bonds is 5. The average Bonchev–Trinajstić information content (AvgIpc) is 2.40. The quantitative estimate of drug-likeness (QED) is 0.509. The lowest BCUT2D eigenvalue weighted by molar-refractivity contribution is 1.41. The van der Waals surface area contributed by atoms with Crippen LogP contribution < -0.4 is 0 Å². The maximum absolute atomic E-state index is 4.49. The van der Waals surface area contributed by atoms with E-state index in [9.17, 15) is 0 Å². The van der Waals surface area contributed by atoms with Crippen LogP contribution in [0.1, 0.15) is 25.0 Å². The number of nitrogens with zero attached hydrogens (tertiary/aromatic N) is 1. The summed E-state index contributed by atoms with van der Waals surface area (Å²) in [4.78, 5) is 4.49. The molecule has 0 aliphatic carbocycles. The largest absolute Gasteiger partial charge is 0.256 e. The molecule has 0 unspecified atom stereocenters. The summed E-state index contributed by atoms with van der Waals surface area (Å²) in [6.45, 7) is 9.79. The van der Waals surface area contributed by atoms with Gasteiger partial charge < -0.3 is 0 Å². The van der Waals surface area contributed by atoms with Crippen molar-refractivity contribution in [1.29, 1.82) is 0 Å². The molecule has 0 radical (unpaired) electrons. The third-order valence-electron chi connectivity index (χ3n) is 2.64. The fourth-order valence-electron chi connectivity index (χ4n) is 1.72. The lowest BCUT2D eigenvalue weighted by Gasteiger charge is -2.03. The Bertz CT molecular complexity index is 543. The van der Waals surface area contributed by atoms with Gasteiger partial charge in [-0.05, 0) is 44.1 Å². The average molecular weight is 251 g/mol. The molecule has 98 valence electrons. The fraction of sp³-hybridized carbons (Fsp3) is 0.167. The Kier molecular flexibility index (Phi) is 6.31. The van der Waals surface area contributed by atoms with Crippen LogP contribution in [0.5, 0.6) is 0 Å². The van der Waals surface area contributed by atoms with Gasteiger partial charge in [0.1, 0.15) is 0 Å². The van der Waals surface area contributed by atoms with Crippen molar-refractivity contribution in [3.8, 4) is 0 Å². The van der Waals surface area contributed by atoms with Crippen LogP contribution in [0.25, 0.3) is 5.57 Å². The molecule has 0 saturated carbocycles. The lowest BCUT2D eigenvalue weighted by atomic mass is 10.0. The second kappa shape index (κ2) is 8.04. The van der Waals surface area contributed by atoms with Crippen molar-refractivity contribution in [2.45, 2.75) is 20.8 Å². The first-order valence-corrected chi connectivity index (χ1v) is 6.44. The number of hydrogen-bond donors (Lipinski definition) is 0. The second-order valence-corrected chi connectivity index (χ2v) is 4.20. The van der Waals surface area contributed by atoms with Crippen LogP contribution in [0.2, 0.25) is 0 Å². The number of benzene rings is 1. The van der Waals surface area contributed by atoms with Gasteiger partial charge in [-0.1, -0.05) is 54.6 Å². The molecule has 0 bridgehead atoms. The van der Waals surface area contributed by atoms with Crippen LogP contribution >= 0.6 is 0 Å². The van der Waals surface area contributed by atoms with Crippen molar-refractivity contribution in [2.75, 3.05) is 0 Å².